The molecule has 0 atom stereocenters. The highest BCUT2D eigenvalue weighted by Crippen LogP contribution is 2.36. The largest absolute Gasteiger partial charge is 0.487 e. The highest BCUT2D eigenvalue weighted by atomic mass is 19.1. The Morgan fingerprint density at radius 2 is 1.73 bits per heavy atom. The lowest BCUT2D eigenvalue weighted by Gasteiger charge is -2.15. The fourth-order valence-electron chi connectivity index (χ4n) is 2.40. The van der Waals surface area contributed by atoms with Crippen molar-refractivity contribution in [1.29, 1.82) is 0 Å². The second-order valence-electron chi connectivity index (χ2n) is 6.13. The lowest BCUT2D eigenvalue weighted by Crippen LogP contribution is -2.14. The van der Waals surface area contributed by atoms with Gasteiger partial charge < -0.3 is 23.7 Å². The van der Waals surface area contributed by atoms with E-state index in [4.69, 9.17) is 23.7 Å². The fraction of sp³-hybridized carbons (Fsp3) is 0.273. The lowest BCUT2D eigenvalue weighted by atomic mass is 10.0. The topological polar surface area (TPSA) is 80.3 Å². The summed E-state index contributed by atoms with van der Waals surface area (Å²) < 4.78 is 40.5. The zero-order valence-corrected chi connectivity index (χ0v) is 16.8. The Hall–Kier alpha value is -3.39. The Labute approximate surface area is 174 Å². The standard InChI is InChI=1S/C22H23FO7/c1-15(2)22(25)29-11-10-28-21-19(23)12-17(13-20(21)27-9-8-26-3)16-4-6-18(7-5-16)30-14-24/h4-7,12-14H,1,8-11H2,2-3H3. The van der Waals surface area contributed by atoms with Gasteiger partial charge in [-0.05, 0) is 42.3 Å². The molecule has 0 N–H and O–H groups in total. The highest BCUT2D eigenvalue weighted by Gasteiger charge is 2.16. The van der Waals surface area contributed by atoms with Crippen molar-refractivity contribution >= 4 is 12.4 Å². The maximum atomic E-state index is 14.8. The van der Waals surface area contributed by atoms with E-state index in [1.807, 2.05) is 0 Å². The second-order valence-corrected chi connectivity index (χ2v) is 6.13. The van der Waals surface area contributed by atoms with Crippen molar-refractivity contribution in [3.63, 3.8) is 0 Å². The summed E-state index contributed by atoms with van der Waals surface area (Å²) in [4.78, 5) is 21.8. The van der Waals surface area contributed by atoms with E-state index in [-0.39, 0.29) is 36.9 Å². The van der Waals surface area contributed by atoms with Crippen LogP contribution in [0.3, 0.4) is 0 Å². The van der Waals surface area contributed by atoms with Crippen LogP contribution in [0.4, 0.5) is 4.39 Å². The molecule has 0 bridgehead atoms. The minimum absolute atomic E-state index is 0.0618. The van der Waals surface area contributed by atoms with Gasteiger partial charge in [-0.15, -0.1) is 0 Å². The first-order valence-electron chi connectivity index (χ1n) is 9.07. The predicted octanol–water partition coefficient (Wildman–Crippen LogP) is 3.55. The summed E-state index contributed by atoms with van der Waals surface area (Å²) in [6, 6.07) is 9.48. The third-order valence-electron chi connectivity index (χ3n) is 3.84. The van der Waals surface area contributed by atoms with Gasteiger partial charge in [0.1, 0.15) is 25.6 Å². The number of hydrogen-bond acceptors (Lipinski definition) is 7. The average Bonchev–Trinajstić information content (AvgIpc) is 2.73. The summed E-state index contributed by atoms with van der Waals surface area (Å²) in [5.74, 6) is -0.731. The Kier molecular flexibility index (Phi) is 8.83. The quantitative estimate of drug-likeness (QED) is 0.226. The molecule has 0 aliphatic carbocycles. The molecule has 7 nitrogen and oxygen atoms in total. The molecule has 30 heavy (non-hydrogen) atoms. The predicted molar refractivity (Wildman–Crippen MR) is 107 cm³/mol. The molecule has 0 heterocycles. The molecule has 0 spiro atoms. The van der Waals surface area contributed by atoms with Crippen LogP contribution in [0.15, 0.2) is 48.6 Å². The monoisotopic (exact) mass is 418 g/mol. The van der Waals surface area contributed by atoms with Gasteiger partial charge in [0.2, 0.25) is 0 Å². The van der Waals surface area contributed by atoms with Gasteiger partial charge >= 0.3 is 5.97 Å². The number of methoxy groups -OCH3 is 1. The van der Waals surface area contributed by atoms with Gasteiger partial charge in [0.05, 0.1) is 6.61 Å². The first-order valence-corrected chi connectivity index (χ1v) is 9.07. The van der Waals surface area contributed by atoms with E-state index in [0.717, 1.165) is 0 Å². The molecule has 0 aliphatic heterocycles. The number of hydrogen-bond donors (Lipinski definition) is 0. The molecule has 0 aromatic heterocycles. The van der Waals surface area contributed by atoms with Gasteiger partial charge in [-0.1, -0.05) is 18.7 Å². The summed E-state index contributed by atoms with van der Waals surface area (Å²) >= 11 is 0. The molecule has 0 fully saturated rings. The van der Waals surface area contributed by atoms with E-state index in [1.165, 1.54) is 20.1 Å². The molecule has 2 rings (SSSR count). The molecular weight excluding hydrogens is 395 g/mol. The third kappa shape index (κ3) is 6.59. The van der Waals surface area contributed by atoms with Crippen LogP contribution in [0, 0.1) is 5.82 Å². The Balaban J connectivity index is 2.20. The minimum atomic E-state index is -0.639. The zero-order valence-electron chi connectivity index (χ0n) is 16.8. The van der Waals surface area contributed by atoms with Crippen LogP contribution in [-0.4, -0.2) is 46.0 Å². The van der Waals surface area contributed by atoms with E-state index in [0.29, 0.717) is 30.0 Å². The minimum Gasteiger partial charge on any atom is -0.487 e. The third-order valence-corrected chi connectivity index (χ3v) is 3.84. The van der Waals surface area contributed by atoms with Crippen LogP contribution < -0.4 is 14.2 Å². The van der Waals surface area contributed by atoms with Crippen LogP contribution in [0.5, 0.6) is 17.2 Å². The maximum Gasteiger partial charge on any atom is 0.333 e. The van der Waals surface area contributed by atoms with Crippen molar-refractivity contribution in [3.05, 3.63) is 54.4 Å². The molecule has 0 saturated heterocycles. The van der Waals surface area contributed by atoms with Crippen LogP contribution in [0.1, 0.15) is 6.92 Å². The first kappa shape index (κ1) is 22.9. The molecular formula is C22H23FO7. The van der Waals surface area contributed by atoms with Crippen LogP contribution in [-0.2, 0) is 19.1 Å². The number of halogens is 1. The number of rotatable bonds is 12. The number of esters is 1. The Morgan fingerprint density at radius 3 is 2.37 bits per heavy atom. The summed E-state index contributed by atoms with van der Waals surface area (Å²) in [5, 5.41) is 0. The number of carbonyl (C=O) groups is 2. The van der Waals surface area contributed by atoms with Gasteiger partial charge in [0.25, 0.3) is 6.47 Å². The van der Waals surface area contributed by atoms with Gasteiger partial charge in [-0.2, -0.15) is 0 Å². The van der Waals surface area contributed by atoms with Gasteiger partial charge in [-0.3, -0.25) is 4.79 Å². The molecule has 0 amide bonds. The van der Waals surface area contributed by atoms with Crippen molar-refractivity contribution in [3.8, 4) is 28.4 Å². The molecule has 0 unspecified atom stereocenters. The van der Waals surface area contributed by atoms with Gasteiger partial charge in [0, 0.05) is 12.7 Å². The molecule has 8 heteroatoms. The number of ether oxygens (including phenoxy) is 5. The van der Waals surface area contributed by atoms with Crippen molar-refractivity contribution in [2.24, 2.45) is 0 Å². The summed E-state index contributed by atoms with van der Waals surface area (Å²) in [6.07, 6.45) is 0. The van der Waals surface area contributed by atoms with Crippen LogP contribution in [0.25, 0.3) is 11.1 Å². The average molecular weight is 418 g/mol. The van der Waals surface area contributed by atoms with Gasteiger partial charge in [0.15, 0.2) is 17.3 Å². The molecule has 0 aliphatic rings. The molecule has 0 radical (unpaired) electrons. The lowest BCUT2D eigenvalue weighted by molar-refractivity contribution is -0.139. The van der Waals surface area contributed by atoms with E-state index in [9.17, 15) is 14.0 Å². The molecule has 160 valence electrons. The maximum absolute atomic E-state index is 14.8. The van der Waals surface area contributed by atoms with Crippen molar-refractivity contribution in [1.82, 2.24) is 0 Å². The zero-order chi connectivity index (χ0) is 21.9. The Morgan fingerprint density at radius 1 is 1.03 bits per heavy atom. The van der Waals surface area contributed by atoms with Crippen molar-refractivity contribution in [2.75, 3.05) is 33.5 Å². The van der Waals surface area contributed by atoms with Gasteiger partial charge in [-0.25, -0.2) is 9.18 Å². The number of benzene rings is 2. The summed E-state index contributed by atoms with van der Waals surface area (Å²) in [7, 11) is 1.52. The SMILES string of the molecule is C=C(C)C(=O)OCCOc1c(F)cc(-c2ccc(OC=O)cc2)cc1OCCOC. The summed E-state index contributed by atoms with van der Waals surface area (Å²) in [5.41, 5.74) is 1.49. The van der Waals surface area contributed by atoms with Crippen LogP contribution in [0.2, 0.25) is 0 Å². The van der Waals surface area contributed by atoms with E-state index < -0.39 is 11.8 Å². The second kappa shape index (κ2) is 11.6. The van der Waals surface area contributed by atoms with Crippen LogP contribution >= 0.6 is 0 Å². The molecule has 0 saturated carbocycles. The smallest absolute Gasteiger partial charge is 0.333 e. The summed E-state index contributed by atoms with van der Waals surface area (Å²) in [6.45, 7) is 5.71. The Bertz CT molecular complexity index is 878. The van der Waals surface area contributed by atoms with E-state index >= 15 is 0 Å². The van der Waals surface area contributed by atoms with E-state index in [2.05, 4.69) is 6.58 Å². The number of carbonyl (C=O) groups excluding carboxylic acids is 2. The normalized spacial score (nSPS) is 10.2. The van der Waals surface area contributed by atoms with Crippen molar-refractivity contribution < 1.29 is 37.7 Å². The van der Waals surface area contributed by atoms with Crippen molar-refractivity contribution in [2.45, 2.75) is 6.92 Å². The van der Waals surface area contributed by atoms with E-state index in [1.54, 1.807) is 30.3 Å². The molecule has 2 aromatic carbocycles. The molecule has 2 aromatic rings. The fourth-order valence-corrected chi connectivity index (χ4v) is 2.40. The highest BCUT2D eigenvalue weighted by molar-refractivity contribution is 5.86. The first-order chi connectivity index (χ1) is 14.5.